The predicted octanol–water partition coefficient (Wildman–Crippen LogP) is 4.18. The van der Waals surface area contributed by atoms with E-state index in [9.17, 15) is 4.79 Å². The normalized spacial score (nSPS) is 16.7. The Bertz CT molecular complexity index is 1050. The van der Waals surface area contributed by atoms with Gasteiger partial charge in [0.05, 0.1) is 5.39 Å². The molecule has 1 aromatic carbocycles. The number of carbonyl (C=O) groups is 1. The molecule has 1 aliphatic rings. The van der Waals surface area contributed by atoms with Gasteiger partial charge in [-0.25, -0.2) is 4.98 Å². The van der Waals surface area contributed by atoms with Crippen molar-refractivity contribution in [2.45, 2.75) is 52.5 Å². The molecular formula is C24H31N5O2. The fourth-order valence-electron chi connectivity index (χ4n) is 4.23. The third-order valence-electron chi connectivity index (χ3n) is 5.81. The van der Waals surface area contributed by atoms with Crippen LogP contribution >= 0.6 is 0 Å². The fraction of sp³-hybridized carbons (Fsp3) is 0.458. The summed E-state index contributed by atoms with van der Waals surface area (Å²) < 4.78 is 5.89. The number of anilines is 1. The lowest BCUT2D eigenvalue weighted by atomic mass is 9.94. The second-order valence-electron chi connectivity index (χ2n) is 8.69. The zero-order valence-electron chi connectivity index (χ0n) is 18.7. The average Bonchev–Trinajstić information content (AvgIpc) is 3.14. The van der Waals surface area contributed by atoms with Gasteiger partial charge in [0.25, 0.3) is 5.91 Å². The van der Waals surface area contributed by atoms with Gasteiger partial charge in [-0.1, -0.05) is 18.2 Å². The van der Waals surface area contributed by atoms with Gasteiger partial charge in [0.15, 0.2) is 18.1 Å². The van der Waals surface area contributed by atoms with Crippen molar-refractivity contribution in [2.24, 2.45) is 0 Å². The van der Waals surface area contributed by atoms with E-state index in [1.54, 1.807) is 0 Å². The summed E-state index contributed by atoms with van der Waals surface area (Å²) >= 11 is 0. The maximum Gasteiger partial charge on any atom is 0.260 e. The summed E-state index contributed by atoms with van der Waals surface area (Å²) in [7, 11) is 0. The van der Waals surface area contributed by atoms with Crippen molar-refractivity contribution in [2.75, 3.05) is 25.0 Å². The first-order valence-corrected chi connectivity index (χ1v) is 11.0. The summed E-state index contributed by atoms with van der Waals surface area (Å²) in [6.07, 6.45) is 1.98. The van der Waals surface area contributed by atoms with Crippen LogP contribution < -0.4 is 10.1 Å². The maximum absolute atomic E-state index is 12.8. The first-order valence-electron chi connectivity index (χ1n) is 11.0. The van der Waals surface area contributed by atoms with Crippen LogP contribution in [-0.4, -0.2) is 51.7 Å². The number of rotatable bonds is 6. The molecule has 0 aliphatic carbocycles. The second kappa shape index (κ2) is 8.96. The Kier molecular flexibility index (Phi) is 6.11. The first kappa shape index (κ1) is 21.2. The molecule has 1 aliphatic heterocycles. The summed E-state index contributed by atoms with van der Waals surface area (Å²) in [5.74, 6) is 1.88. The monoisotopic (exact) mass is 421 g/mol. The molecule has 31 heavy (non-hydrogen) atoms. The number of hydrogen-bond acceptors (Lipinski definition) is 5. The molecule has 0 bridgehead atoms. The lowest BCUT2D eigenvalue weighted by Gasteiger charge is -2.32. The Morgan fingerprint density at radius 1 is 1.26 bits per heavy atom. The van der Waals surface area contributed by atoms with Gasteiger partial charge in [0, 0.05) is 30.7 Å². The quantitative estimate of drug-likeness (QED) is 0.624. The minimum atomic E-state index is 0.0263. The number of aromatic nitrogens is 3. The molecule has 0 spiro atoms. The van der Waals surface area contributed by atoms with Gasteiger partial charge in [-0.15, -0.1) is 0 Å². The van der Waals surface area contributed by atoms with E-state index in [1.165, 1.54) is 0 Å². The van der Waals surface area contributed by atoms with Crippen LogP contribution in [0.5, 0.6) is 5.75 Å². The van der Waals surface area contributed by atoms with Crippen molar-refractivity contribution >= 4 is 22.8 Å². The van der Waals surface area contributed by atoms with Gasteiger partial charge in [-0.2, -0.15) is 5.10 Å². The summed E-state index contributed by atoms with van der Waals surface area (Å²) in [5.41, 5.74) is 3.88. The molecule has 0 radical (unpaired) electrons. The van der Waals surface area contributed by atoms with Crippen LogP contribution in [0.25, 0.3) is 11.0 Å². The molecule has 2 N–H and O–H groups in total. The van der Waals surface area contributed by atoms with Crippen molar-refractivity contribution < 1.29 is 9.53 Å². The van der Waals surface area contributed by atoms with Gasteiger partial charge in [-0.05, 0) is 63.8 Å². The Morgan fingerprint density at radius 2 is 2.03 bits per heavy atom. The average molecular weight is 422 g/mol. The highest BCUT2D eigenvalue weighted by atomic mass is 16.5. The molecule has 3 aromatic rings. The summed E-state index contributed by atoms with van der Waals surface area (Å²) in [5, 5.41) is 11.7. The van der Waals surface area contributed by atoms with Crippen LogP contribution in [0.15, 0.2) is 30.3 Å². The Balaban J connectivity index is 1.42. The maximum atomic E-state index is 12.8. The van der Waals surface area contributed by atoms with Crippen molar-refractivity contribution in [1.82, 2.24) is 20.1 Å². The number of amides is 1. The van der Waals surface area contributed by atoms with Gasteiger partial charge in [0.1, 0.15) is 5.75 Å². The van der Waals surface area contributed by atoms with Crippen molar-refractivity contribution in [1.29, 1.82) is 0 Å². The number of hydrogen-bond donors (Lipinski definition) is 2. The summed E-state index contributed by atoms with van der Waals surface area (Å²) in [4.78, 5) is 19.6. The number of ether oxygens (including phenoxy) is 1. The number of likely N-dealkylation sites (tertiary alicyclic amines) is 1. The van der Waals surface area contributed by atoms with E-state index in [1.807, 2.05) is 36.9 Å². The van der Waals surface area contributed by atoms with E-state index >= 15 is 0 Å². The number of piperidine rings is 1. The predicted molar refractivity (Wildman–Crippen MR) is 123 cm³/mol. The standard InChI is InChI=1S/C24H31N5O2/c1-15(2)25-23-19-10-11-20(26-24(19)28-27-23)18-9-6-12-29(13-18)21(30)14-31-22-16(3)7-5-8-17(22)4/h5,7-8,10-11,15,18H,6,9,12-14H2,1-4H3,(H2,25,26,27,28). The Morgan fingerprint density at radius 3 is 2.77 bits per heavy atom. The summed E-state index contributed by atoms with van der Waals surface area (Å²) in [6.45, 7) is 9.67. The number of fused-ring (bicyclic) bond motifs is 1. The van der Waals surface area contributed by atoms with Crippen LogP contribution in [0.2, 0.25) is 0 Å². The van der Waals surface area contributed by atoms with Crippen LogP contribution in [-0.2, 0) is 4.79 Å². The molecule has 7 heteroatoms. The number of nitrogens with zero attached hydrogens (tertiary/aromatic N) is 3. The van der Waals surface area contributed by atoms with E-state index in [0.29, 0.717) is 12.6 Å². The van der Waals surface area contributed by atoms with Crippen LogP contribution in [0.4, 0.5) is 5.82 Å². The van der Waals surface area contributed by atoms with Gasteiger partial charge in [0.2, 0.25) is 0 Å². The highest BCUT2D eigenvalue weighted by Gasteiger charge is 2.26. The highest BCUT2D eigenvalue weighted by Crippen LogP contribution is 2.29. The number of aryl methyl sites for hydroxylation is 2. The Labute approximate surface area is 183 Å². The molecule has 2 aromatic heterocycles. The number of para-hydroxylation sites is 1. The molecule has 1 fully saturated rings. The minimum absolute atomic E-state index is 0.0263. The molecule has 1 amide bonds. The molecule has 1 unspecified atom stereocenters. The van der Waals surface area contributed by atoms with Crippen LogP contribution in [0.1, 0.15) is 49.4 Å². The lowest BCUT2D eigenvalue weighted by molar-refractivity contribution is -0.134. The second-order valence-corrected chi connectivity index (χ2v) is 8.69. The first-order chi connectivity index (χ1) is 14.9. The summed E-state index contributed by atoms with van der Waals surface area (Å²) in [6, 6.07) is 10.4. The van der Waals surface area contributed by atoms with E-state index in [4.69, 9.17) is 9.72 Å². The van der Waals surface area contributed by atoms with E-state index < -0.39 is 0 Å². The van der Waals surface area contributed by atoms with Crippen LogP contribution in [0.3, 0.4) is 0 Å². The van der Waals surface area contributed by atoms with Crippen molar-refractivity contribution in [3.63, 3.8) is 0 Å². The Hall–Kier alpha value is -3.09. The minimum Gasteiger partial charge on any atom is -0.483 e. The third kappa shape index (κ3) is 4.65. The van der Waals surface area contributed by atoms with Gasteiger partial charge >= 0.3 is 0 Å². The zero-order valence-corrected chi connectivity index (χ0v) is 18.7. The van der Waals surface area contributed by atoms with Gasteiger partial charge < -0.3 is 15.0 Å². The fourth-order valence-corrected chi connectivity index (χ4v) is 4.23. The molecule has 1 saturated heterocycles. The number of pyridine rings is 1. The number of nitrogens with one attached hydrogen (secondary N) is 2. The molecule has 4 rings (SSSR count). The molecule has 0 saturated carbocycles. The molecule has 7 nitrogen and oxygen atoms in total. The smallest absolute Gasteiger partial charge is 0.260 e. The van der Waals surface area contributed by atoms with Crippen LogP contribution in [0, 0.1) is 13.8 Å². The number of carbonyl (C=O) groups excluding carboxylic acids is 1. The molecular weight excluding hydrogens is 390 g/mol. The molecule has 3 heterocycles. The van der Waals surface area contributed by atoms with E-state index in [-0.39, 0.29) is 18.4 Å². The van der Waals surface area contributed by atoms with Gasteiger partial charge in [-0.3, -0.25) is 9.89 Å². The van der Waals surface area contributed by atoms with Crippen molar-refractivity contribution in [3.05, 3.63) is 47.2 Å². The highest BCUT2D eigenvalue weighted by molar-refractivity contribution is 5.87. The number of H-pyrrole nitrogens is 1. The molecule has 1 atom stereocenters. The lowest BCUT2D eigenvalue weighted by Crippen LogP contribution is -2.41. The van der Waals surface area contributed by atoms with E-state index in [0.717, 1.165) is 58.8 Å². The van der Waals surface area contributed by atoms with E-state index in [2.05, 4.69) is 41.5 Å². The SMILES string of the molecule is Cc1cccc(C)c1OCC(=O)N1CCCC(c2ccc3c(NC(C)C)n[nH]c3n2)C1. The third-order valence-corrected chi connectivity index (χ3v) is 5.81. The van der Waals surface area contributed by atoms with Crippen molar-refractivity contribution in [3.8, 4) is 5.75 Å². The largest absolute Gasteiger partial charge is 0.483 e. The molecule has 164 valence electrons. The zero-order chi connectivity index (χ0) is 22.0. The topological polar surface area (TPSA) is 83.1 Å². The number of aromatic amines is 1. The number of benzene rings is 1.